The molecule has 0 heterocycles. The molecule has 0 aliphatic heterocycles. The van der Waals surface area contributed by atoms with Gasteiger partial charge in [-0.15, -0.1) is 0 Å². The van der Waals surface area contributed by atoms with Crippen LogP contribution in [0.4, 0.5) is 0 Å². The van der Waals surface area contributed by atoms with Crippen LogP contribution in [-0.2, 0) is 0 Å². The van der Waals surface area contributed by atoms with Crippen molar-refractivity contribution < 1.29 is 44.5 Å². The van der Waals surface area contributed by atoms with E-state index in [9.17, 15) is 20.2 Å². The van der Waals surface area contributed by atoms with Gasteiger partial charge in [-0.25, -0.2) is 0 Å². The summed E-state index contributed by atoms with van der Waals surface area (Å²) in [7, 11) is 0. The van der Waals surface area contributed by atoms with Crippen LogP contribution in [0.3, 0.4) is 0 Å². The van der Waals surface area contributed by atoms with Crippen molar-refractivity contribution in [2.45, 2.75) is 12.8 Å². The molecular formula is C2H4N2NaO5+. The summed E-state index contributed by atoms with van der Waals surface area (Å²) in [5.41, 5.74) is 0. The molecule has 0 fully saturated rings. The Kier molecular flexibility index (Phi) is 4.74. The van der Waals surface area contributed by atoms with E-state index < -0.39 is 15.7 Å². The van der Waals surface area contributed by atoms with Crippen molar-refractivity contribution in [1.29, 1.82) is 0 Å². The van der Waals surface area contributed by atoms with E-state index in [4.69, 9.17) is 5.11 Å². The topological polar surface area (TPSA) is 107 Å². The summed E-state index contributed by atoms with van der Waals surface area (Å²) in [6.07, 6.45) is 0. The van der Waals surface area contributed by atoms with E-state index in [1.54, 1.807) is 0 Å². The van der Waals surface area contributed by atoms with Gasteiger partial charge in [0, 0.05) is 0 Å². The quantitative estimate of drug-likeness (QED) is 0.192. The monoisotopic (exact) mass is 159 g/mol. The molecule has 0 radical (unpaired) electrons. The Bertz CT molecular complexity index is 140. The Morgan fingerprint density at radius 2 is 1.50 bits per heavy atom. The van der Waals surface area contributed by atoms with Crippen LogP contribution in [0.1, 0.15) is 6.92 Å². The molecule has 0 aliphatic carbocycles. The Morgan fingerprint density at radius 1 is 1.30 bits per heavy atom. The van der Waals surface area contributed by atoms with E-state index in [1.165, 1.54) is 0 Å². The van der Waals surface area contributed by atoms with Gasteiger partial charge in [-0.1, -0.05) is 0 Å². The molecule has 0 rings (SSSR count). The van der Waals surface area contributed by atoms with Crippen molar-refractivity contribution in [3.63, 3.8) is 0 Å². The predicted octanol–water partition coefficient (Wildman–Crippen LogP) is -3.79. The number of hydrogen-bond donors (Lipinski definition) is 1. The van der Waals surface area contributed by atoms with Crippen LogP contribution in [0.25, 0.3) is 0 Å². The Hall–Kier alpha value is -0.240. The summed E-state index contributed by atoms with van der Waals surface area (Å²) in [4.78, 5) is 16.4. The van der Waals surface area contributed by atoms with E-state index in [1.807, 2.05) is 0 Å². The van der Waals surface area contributed by atoms with Crippen LogP contribution in [0.2, 0.25) is 0 Å². The summed E-state index contributed by atoms with van der Waals surface area (Å²) in [5, 5.41) is 27.4. The fourth-order valence-corrected chi connectivity index (χ4v) is 0.0667. The number of hydrogen-bond acceptors (Lipinski definition) is 5. The molecule has 1 N–H and O–H groups in total. The summed E-state index contributed by atoms with van der Waals surface area (Å²) < 4.78 is 0. The standard InChI is InChI=1S/C2H4N2O5.Na/c1-2(5,3(6)7)4(8)9;/h5H,1H3;/q;+1. The van der Waals surface area contributed by atoms with E-state index in [2.05, 4.69) is 0 Å². The molecular weight excluding hydrogens is 155 g/mol. The summed E-state index contributed by atoms with van der Waals surface area (Å²) in [6.45, 7) is 0.493. The van der Waals surface area contributed by atoms with Gasteiger partial charge in [-0.3, -0.25) is 25.3 Å². The first-order valence-electron chi connectivity index (χ1n) is 1.90. The van der Waals surface area contributed by atoms with Crippen molar-refractivity contribution >= 4 is 0 Å². The van der Waals surface area contributed by atoms with Gasteiger partial charge in [0.1, 0.15) is 16.8 Å². The molecule has 0 saturated carbocycles. The fourth-order valence-electron chi connectivity index (χ4n) is 0.0667. The fraction of sp³-hybridized carbons (Fsp3) is 1.00. The molecule has 0 aromatic rings. The van der Waals surface area contributed by atoms with Gasteiger partial charge in [0.2, 0.25) is 0 Å². The Balaban J connectivity index is 0. The van der Waals surface area contributed by atoms with E-state index in [0.29, 0.717) is 6.92 Å². The van der Waals surface area contributed by atoms with Gasteiger partial charge in [-0.2, -0.15) is 0 Å². The third-order valence-electron chi connectivity index (χ3n) is 0.692. The molecule has 8 heteroatoms. The minimum Gasteiger partial charge on any atom is -0.269 e. The van der Waals surface area contributed by atoms with E-state index in [0.717, 1.165) is 0 Å². The second-order valence-electron chi connectivity index (χ2n) is 1.49. The zero-order chi connectivity index (χ0) is 7.65. The molecule has 0 spiro atoms. The molecule has 0 atom stereocenters. The average molecular weight is 159 g/mol. The van der Waals surface area contributed by atoms with Crippen molar-refractivity contribution in [2.75, 3.05) is 0 Å². The number of rotatable bonds is 2. The first kappa shape index (κ1) is 12.4. The van der Waals surface area contributed by atoms with Crippen LogP contribution in [-0.4, -0.2) is 20.8 Å². The summed E-state index contributed by atoms with van der Waals surface area (Å²) >= 11 is 0. The maximum absolute atomic E-state index is 9.58. The van der Waals surface area contributed by atoms with Crippen molar-refractivity contribution in [2.24, 2.45) is 0 Å². The third-order valence-corrected chi connectivity index (χ3v) is 0.692. The Morgan fingerprint density at radius 3 is 1.50 bits per heavy atom. The first-order chi connectivity index (χ1) is 3.89. The van der Waals surface area contributed by atoms with Crippen LogP contribution < -0.4 is 29.6 Å². The van der Waals surface area contributed by atoms with Crippen LogP contribution in [0, 0.1) is 20.2 Å². The molecule has 10 heavy (non-hydrogen) atoms. The summed E-state index contributed by atoms with van der Waals surface area (Å²) in [6, 6.07) is 0. The average Bonchev–Trinajstić information content (AvgIpc) is 1.65. The van der Waals surface area contributed by atoms with Gasteiger partial charge < -0.3 is 0 Å². The number of nitrogens with zero attached hydrogens (tertiary/aromatic N) is 2. The molecule has 0 aromatic carbocycles. The van der Waals surface area contributed by atoms with Gasteiger partial charge in [0.05, 0.1) is 0 Å². The SMILES string of the molecule is CC(O)([N+](=O)[O-])[N+](=O)[O-].[Na+]. The molecule has 0 aliphatic rings. The van der Waals surface area contributed by atoms with Crippen molar-refractivity contribution in [3.8, 4) is 0 Å². The van der Waals surface area contributed by atoms with Gasteiger partial charge >= 0.3 is 35.4 Å². The zero-order valence-corrected chi connectivity index (χ0v) is 7.47. The third kappa shape index (κ3) is 2.56. The predicted molar refractivity (Wildman–Crippen MR) is 24.6 cm³/mol. The molecule has 52 valence electrons. The minimum atomic E-state index is -3.06. The molecule has 0 unspecified atom stereocenters. The molecule has 0 amide bonds. The smallest absolute Gasteiger partial charge is 0.269 e. The second-order valence-corrected chi connectivity index (χ2v) is 1.49. The molecule has 0 aromatic heterocycles. The van der Waals surface area contributed by atoms with Crippen LogP contribution in [0.15, 0.2) is 0 Å². The molecule has 0 bridgehead atoms. The number of aliphatic hydroxyl groups is 1. The van der Waals surface area contributed by atoms with E-state index in [-0.39, 0.29) is 29.6 Å². The minimum absolute atomic E-state index is 0. The maximum Gasteiger partial charge on any atom is 1.00 e. The Labute approximate surface area is 77.6 Å². The second kappa shape index (κ2) is 3.81. The molecule has 7 nitrogen and oxygen atoms in total. The van der Waals surface area contributed by atoms with Crippen molar-refractivity contribution in [1.82, 2.24) is 0 Å². The van der Waals surface area contributed by atoms with Gasteiger partial charge in [-0.05, 0) is 0 Å². The largest absolute Gasteiger partial charge is 1.00 e. The van der Waals surface area contributed by atoms with E-state index >= 15 is 0 Å². The van der Waals surface area contributed by atoms with Crippen LogP contribution in [0.5, 0.6) is 0 Å². The summed E-state index contributed by atoms with van der Waals surface area (Å²) in [5.74, 6) is -3.06. The first-order valence-corrected chi connectivity index (χ1v) is 1.90. The van der Waals surface area contributed by atoms with Gasteiger partial charge in [0.25, 0.3) is 0 Å². The molecule has 0 saturated heterocycles. The number of nitro groups is 2. The van der Waals surface area contributed by atoms with Gasteiger partial charge in [0.15, 0.2) is 0 Å². The normalized spacial score (nSPS) is 9.80. The zero-order valence-electron chi connectivity index (χ0n) is 5.47. The maximum atomic E-state index is 9.58. The van der Waals surface area contributed by atoms with Crippen molar-refractivity contribution in [3.05, 3.63) is 20.2 Å². The van der Waals surface area contributed by atoms with Crippen LogP contribution >= 0.6 is 0 Å².